The van der Waals surface area contributed by atoms with Crippen LogP contribution in [0.1, 0.15) is 30.9 Å². The molecule has 1 aromatic carbocycles. The number of nitrogen functional groups attached to an aromatic ring is 1. The molecule has 0 spiro atoms. The van der Waals surface area contributed by atoms with Crippen LogP contribution in [-0.2, 0) is 0 Å². The van der Waals surface area contributed by atoms with Gasteiger partial charge in [-0.2, -0.15) is 4.98 Å². The fourth-order valence-corrected chi connectivity index (χ4v) is 2.14. The maximum Gasteiger partial charge on any atom is 0.311 e. The molecule has 0 amide bonds. The largest absolute Gasteiger partial charge is 0.439 e. The van der Waals surface area contributed by atoms with Crippen LogP contribution in [0.25, 0.3) is 0 Å². The predicted octanol–water partition coefficient (Wildman–Crippen LogP) is 3.80. The van der Waals surface area contributed by atoms with Gasteiger partial charge in [0.05, 0.1) is 4.92 Å². The lowest BCUT2D eigenvalue weighted by molar-refractivity contribution is -0.384. The molecule has 1 aromatic heterocycles. The molecule has 0 saturated carbocycles. The van der Waals surface area contributed by atoms with Crippen molar-refractivity contribution >= 4 is 11.5 Å². The third-order valence-corrected chi connectivity index (χ3v) is 3.16. The van der Waals surface area contributed by atoms with Crippen molar-refractivity contribution in [3.63, 3.8) is 0 Å². The topological polar surface area (TPSA) is 91.3 Å². The molecule has 21 heavy (non-hydrogen) atoms. The van der Waals surface area contributed by atoms with Crippen LogP contribution in [0, 0.1) is 17.0 Å². The molecule has 0 fully saturated rings. The minimum absolute atomic E-state index is 0.159. The fraction of sp³-hybridized carbons (Fsp3) is 0.267. The van der Waals surface area contributed by atoms with Gasteiger partial charge in [0.1, 0.15) is 5.75 Å². The van der Waals surface area contributed by atoms with E-state index in [0.717, 1.165) is 5.56 Å². The quantitative estimate of drug-likeness (QED) is 0.682. The summed E-state index contributed by atoms with van der Waals surface area (Å²) in [6.07, 6.45) is 0. The standard InChI is InChI=1S/C15H17N3O3/c1-9(2)12-5-4-11(8-10(12)3)21-14-7-6-13(18(19)20)15(16)17-14/h4-9H,1-3H3,(H2,16,17). The molecule has 2 rings (SSSR count). The van der Waals surface area contributed by atoms with Crippen molar-refractivity contribution in [1.82, 2.24) is 4.98 Å². The van der Waals surface area contributed by atoms with Crippen molar-refractivity contribution in [1.29, 1.82) is 0 Å². The Labute approximate surface area is 122 Å². The van der Waals surface area contributed by atoms with Gasteiger partial charge in [-0.15, -0.1) is 0 Å². The van der Waals surface area contributed by atoms with Crippen LogP contribution in [0.5, 0.6) is 11.6 Å². The number of ether oxygens (including phenoxy) is 1. The number of anilines is 1. The molecule has 6 heteroatoms. The van der Waals surface area contributed by atoms with Crippen molar-refractivity contribution in [2.24, 2.45) is 0 Å². The highest BCUT2D eigenvalue weighted by molar-refractivity contribution is 5.53. The molecule has 0 aliphatic heterocycles. The summed E-state index contributed by atoms with van der Waals surface area (Å²) < 4.78 is 5.60. The lowest BCUT2D eigenvalue weighted by Gasteiger charge is -2.12. The maximum atomic E-state index is 10.7. The number of benzene rings is 1. The van der Waals surface area contributed by atoms with Gasteiger partial charge in [0.15, 0.2) is 0 Å². The Morgan fingerprint density at radius 3 is 2.52 bits per heavy atom. The van der Waals surface area contributed by atoms with E-state index in [-0.39, 0.29) is 17.4 Å². The molecule has 0 aliphatic rings. The molecule has 6 nitrogen and oxygen atoms in total. The number of nitro groups is 1. The van der Waals surface area contributed by atoms with E-state index in [9.17, 15) is 10.1 Å². The highest BCUT2D eigenvalue weighted by atomic mass is 16.6. The van der Waals surface area contributed by atoms with Gasteiger partial charge < -0.3 is 10.5 Å². The van der Waals surface area contributed by atoms with Gasteiger partial charge >= 0.3 is 5.69 Å². The second kappa shape index (κ2) is 5.78. The third-order valence-electron chi connectivity index (χ3n) is 3.16. The Morgan fingerprint density at radius 2 is 2.00 bits per heavy atom. The van der Waals surface area contributed by atoms with Crippen molar-refractivity contribution in [3.05, 3.63) is 51.6 Å². The van der Waals surface area contributed by atoms with E-state index in [2.05, 4.69) is 18.8 Å². The Balaban J connectivity index is 2.24. The van der Waals surface area contributed by atoms with Crippen LogP contribution >= 0.6 is 0 Å². The maximum absolute atomic E-state index is 10.7. The Kier molecular flexibility index (Phi) is 4.07. The monoisotopic (exact) mass is 287 g/mol. The second-order valence-corrected chi connectivity index (χ2v) is 5.09. The first-order valence-corrected chi connectivity index (χ1v) is 6.57. The summed E-state index contributed by atoms with van der Waals surface area (Å²) in [6, 6.07) is 8.48. The third kappa shape index (κ3) is 3.28. The zero-order valence-corrected chi connectivity index (χ0v) is 12.2. The summed E-state index contributed by atoms with van der Waals surface area (Å²) in [6.45, 7) is 6.27. The minimum atomic E-state index is -0.576. The molecule has 0 saturated heterocycles. The lowest BCUT2D eigenvalue weighted by Crippen LogP contribution is -2.00. The fourth-order valence-electron chi connectivity index (χ4n) is 2.14. The Hall–Kier alpha value is -2.63. The van der Waals surface area contributed by atoms with Gasteiger partial charge in [-0.25, -0.2) is 0 Å². The number of hydrogen-bond acceptors (Lipinski definition) is 5. The molecule has 110 valence electrons. The molecule has 0 unspecified atom stereocenters. The molecule has 2 aromatic rings. The Bertz CT molecular complexity index is 684. The van der Waals surface area contributed by atoms with Crippen molar-refractivity contribution in [3.8, 4) is 11.6 Å². The summed E-state index contributed by atoms with van der Waals surface area (Å²) in [5.41, 5.74) is 7.68. The molecular formula is C15H17N3O3. The van der Waals surface area contributed by atoms with Crippen LogP contribution < -0.4 is 10.5 Å². The summed E-state index contributed by atoms with van der Waals surface area (Å²) >= 11 is 0. The van der Waals surface area contributed by atoms with Gasteiger partial charge in [-0.1, -0.05) is 19.9 Å². The van der Waals surface area contributed by atoms with Gasteiger partial charge in [0, 0.05) is 12.1 Å². The van der Waals surface area contributed by atoms with Crippen molar-refractivity contribution in [2.75, 3.05) is 5.73 Å². The minimum Gasteiger partial charge on any atom is -0.439 e. The van der Waals surface area contributed by atoms with Gasteiger partial charge in [0.2, 0.25) is 11.7 Å². The number of nitrogens with two attached hydrogens (primary N) is 1. The zero-order chi connectivity index (χ0) is 15.6. The average Bonchev–Trinajstić information content (AvgIpc) is 2.37. The van der Waals surface area contributed by atoms with Crippen molar-refractivity contribution in [2.45, 2.75) is 26.7 Å². The highest BCUT2D eigenvalue weighted by Crippen LogP contribution is 2.28. The summed E-state index contributed by atoms with van der Waals surface area (Å²) in [5, 5.41) is 10.7. The molecule has 0 aliphatic carbocycles. The van der Waals surface area contributed by atoms with Crippen LogP contribution in [0.2, 0.25) is 0 Å². The average molecular weight is 287 g/mol. The van der Waals surface area contributed by atoms with E-state index in [0.29, 0.717) is 11.7 Å². The summed E-state index contributed by atoms with van der Waals surface area (Å²) in [7, 11) is 0. The number of aromatic nitrogens is 1. The van der Waals surface area contributed by atoms with Gasteiger partial charge in [-0.05, 0) is 36.1 Å². The van der Waals surface area contributed by atoms with Gasteiger partial charge in [0.25, 0.3) is 0 Å². The van der Waals surface area contributed by atoms with Gasteiger partial charge in [-0.3, -0.25) is 10.1 Å². The van der Waals surface area contributed by atoms with Crippen LogP contribution in [0.4, 0.5) is 11.5 Å². The van der Waals surface area contributed by atoms with E-state index in [1.165, 1.54) is 17.7 Å². The van der Waals surface area contributed by atoms with E-state index in [4.69, 9.17) is 10.5 Å². The van der Waals surface area contributed by atoms with E-state index in [1.807, 2.05) is 25.1 Å². The normalized spacial score (nSPS) is 10.7. The number of aryl methyl sites for hydroxylation is 1. The van der Waals surface area contributed by atoms with Crippen molar-refractivity contribution < 1.29 is 9.66 Å². The predicted molar refractivity (Wildman–Crippen MR) is 80.6 cm³/mol. The smallest absolute Gasteiger partial charge is 0.311 e. The number of rotatable bonds is 4. The van der Waals surface area contributed by atoms with E-state index >= 15 is 0 Å². The molecular weight excluding hydrogens is 270 g/mol. The second-order valence-electron chi connectivity index (χ2n) is 5.09. The number of hydrogen-bond donors (Lipinski definition) is 1. The molecule has 0 atom stereocenters. The van der Waals surface area contributed by atoms with E-state index in [1.54, 1.807) is 0 Å². The highest BCUT2D eigenvalue weighted by Gasteiger charge is 2.14. The number of nitrogens with zero attached hydrogens (tertiary/aromatic N) is 2. The molecule has 0 bridgehead atoms. The Morgan fingerprint density at radius 1 is 1.29 bits per heavy atom. The van der Waals surface area contributed by atoms with E-state index < -0.39 is 4.92 Å². The van der Waals surface area contributed by atoms with Crippen LogP contribution in [-0.4, -0.2) is 9.91 Å². The summed E-state index contributed by atoms with van der Waals surface area (Å²) in [4.78, 5) is 14.0. The first kappa shape index (κ1) is 14.8. The lowest BCUT2D eigenvalue weighted by atomic mass is 9.98. The molecule has 1 heterocycles. The first-order valence-electron chi connectivity index (χ1n) is 6.57. The van der Waals surface area contributed by atoms with Crippen LogP contribution in [0.15, 0.2) is 30.3 Å². The summed E-state index contributed by atoms with van der Waals surface area (Å²) in [5.74, 6) is 1.13. The zero-order valence-electron chi connectivity index (χ0n) is 12.2. The SMILES string of the molecule is Cc1cc(Oc2ccc([N+](=O)[O-])c(N)n2)ccc1C(C)C. The molecule has 0 radical (unpaired) electrons. The number of pyridine rings is 1. The van der Waals surface area contributed by atoms with Crippen LogP contribution in [0.3, 0.4) is 0 Å². The molecule has 2 N–H and O–H groups in total. The first-order chi connectivity index (χ1) is 9.88.